The van der Waals surface area contributed by atoms with Gasteiger partial charge in [-0.2, -0.15) is 13.2 Å². The van der Waals surface area contributed by atoms with Crippen LogP contribution in [0.4, 0.5) is 18.0 Å². The van der Waals surface area contributed by atoms with Gasteiger partial charge in [-0.15, -0.1) is 0 Å². The molecule has 124 valence electrons. The molecule has 0 spiro atoms. The summed E-state index contributed by atoms with van der Waals surface area (Å²) >= 11 is 0. The fourth-order valence-electron chi connectivity index (χ4n) is 1.49. The normalized spacial score (nSPS) is 12.0. The number of rotatable bonds is 4. The Labute approximate surface area is 126 Å². The second-order valence-electron chi connectivity index (χ2n) is 5.82. The van der Waals surface area contributed by atoms with Crippen LogP contribution in [0.2, 0.25) is 0 Å². The van der Waals surface area contributed by atoms with E-state index in [0.29, 0.717) is 11.1 Å². The van der Waals surface area contributed by atoms with Crippen molar-refractivity contribution in [2.75, 3.05) is 6.61 Å². The lowest BCUT2D eigenvalue weighted by Gasteiger charge is -2.20. The highest BCUT2D eigenvalue weighted by atomic mass is 19.4. The monoisotopic (exact) mass is 320 g/mol. The van der Waals surface area contributed by atoms with Gasteiger partial charge in [-0.1, -0.05) is 0 Å². The van der Waals surface area contributed by atoms with Crippen LogP contribution in [0.1, 0.15) is 31.9 Å². The molecular formula is C14H19F3N2O3. The molecule has 0 aliphatic rings. The summed E-state index contributed by atoms with van der Waals surface area (Å²) in [5.74, 6) is -0.0970. The number of aryl methyl sites for hydroxylation is 1. The van der Waals surface area contributed by atoms with Crippen LogP contribution in [-0.2, 0) is 11.3 Å². The summed E-state index contributed by atoms with van der Waals surface area (Å²) in [4.78, 5) is 15.3. The van der Waals surface area contributed by atoms with Crippen LogP contribution in [0.25, 0.3) is 0 Å². The molecule has 0 radical (unpaired) electrons. The van der Waals surface area contributed by atoms with Crippen molar-refractivity contribution in [3.05, 3.63) is 23.4 Å². The van der Waals surface area contributed by atoms with E-state index >= 15 is 0 Å². The molecule has 22 heavy (non-hydrogen) atoms. The number of amides is 1. The number of carbonyl (C=O) groups is 1. The Morgan fingerprint density at radius 1 is 1.32 bits per heavy atom. The first-order valence-electron chi connectivity index (χ1n) is 6.56. The van der Waals surface area contributed by atoms with Crippen molar-refractivity contribution in [2.45, 2.75) is 46.0 Å². The van der Waals surface area contributed by atoms with Crippen LogP contribution < -0.4 is 10.1 Å². The van der Waals surface area contributed by atoms with E-state index in [1.54, 1.807) is 13.0 Å². The number of pyridine rings is 1. The Morgan fingerprint density at radius 2 is 1.95 bits per heavy atom. The molecule has 1 rings (SSSR count). The average molecular weight is 320 g/mol. The molecular weight excluding hydrogens is 301 g/mol. The zero-order chi connectivity index (χ0) is 17.0. The molecule has 0 atom stereocenters. The quantitative estimate of drug-likeness (QED) is 0.924. The van der Waals surface area contributed by atoms with Gasteiger partial charge in [0.15, 0.2) is 6.61 Å². The standard InChI is InChI=1S/C14H19F3N2O3/c1-9-5-10(7-21-12(20)19-13(2,3)4)6-18-11(9)22-8-14(15,16)17/h5-6H,7-8H2,1-4H3,(H,19,20). The maximum Gasteiger partial charge on any atom is 0.422 e. The lowest BCUT2D eigenvalue weighted by atomic mass is 10.1. The van der Waals surface area contributed by atoms with Crippen LogP contribution in [-0.4, -0.2) is 29.4 Å². The maximum atomic E-state index is 12.1. The fourth-order valence-corrected chi connectivity index (χ4v) is 1.49. The summed E-state index contributed by atoms with van der Waals surface area (Å²) in [5, 5.41) is 2.62. The van der Waals surface area contributed by atoms with Crippen molar-refractivity contribution < 1.29 is 27.4 Å². The molecule has 0 saturated carbocycles. The van der Waals surface area contributed by atoms with E-state index in [0.717, 1.165) is 0 Å². The largest absolute Gasteiger partial charge is 0.468 e. The number of nitrogens with zero attached hydrogens (tertiary/aromatic N) is 1. The predicted octanol–water partition coefficient (Wildman–Crippen LogP) is 3.36. The third kappa shape index (κ3) is 7.14. The third-order valence-corrected chi connectivity index (χ3v) is 2.31. The topological polar surface area (TPSA) is 60.5 Å². The van der Waals surface area contributed by atoms with Gasteiger partial charge in [0.05, 0.1) is 0 Å². The zero-order valence-electron chi connectivity index (χ0n) is 12.9. The molecule has 0 unspecified atom stereocenters. The van der Waals surface area contributed by atoms with Crippen molar-refractivity contribution in [2.24, 2.45) is 0 Å². The first-order chi connectivity index (χ1) is 9.96. The van der Waals surface area contributed by atoms with E-state index < -0.39 is 24.4 Å². The fraction of sp³-hybridized carbons (Fsp3) is 0.571. The van der Waals surface area contributed by atoms with Crippen LogP contribution in [0, 0.1) is 6.92 Å². The Bertz CT molecular complexity index is 525. The SMILES string of the molecule is Cc1cc(COC(=O)NC(C)(C)C)cnc1OCC(F)(F)F. The second-order valence-corrected chi connectivity index (χ2v) is 5.82. The van der Waals surface area contributed by atoms with Gasteiger partial charge in [0.2, 0.25) is 5.88 Å². The van der Waals surface area contributed by atoms with Crippen LogP contribution in [0.3, 0.4) is 0 Å². The number of halogens is 3. The lowest BCUT2D eigenvalue weighted by molar-refractivity contribution is -0.154. The van der Waals surface area contributed by atoms with Gasteiger partial charge in [0.25, 0.3) is 0 Å². The van der Waals surface area contributed by atoms with E-state index in [9.17, 15) is 18.0 Å². The zero-order valence-corrected chi connectivity index (χ0v) is 12.9. The van der Waals surface area contributed by atoms with Crippen molar-refractivity contribution in [1.82, 2.24) is 10.3 Å². The van der Waals surface area contributed by atoms with E-state index in [2.05, 4.69) is 15.0 Å². The highest BCUT2D eigenvalue weighted by molar-refractivity contribution is 5.68. The number of alkyl carbamates (subject to hydrolysis) is 1. The summed E-state index contributed by atoms with van der Waals surface area (Å²) in [5.41, 5.74) is 0.572. The molecule has 0 aliphatic carbocycles. The number of hydrogen-bond acceptors (Lipinski definition) is 4. The van der Waals surface area contributed by atoms with E-state index in [1.165, 1.54) is 6.20 Å². The van der Waals surface area contributed by atoms with Crippen LogP contribution in [0.15, 0.2) is 12.3 Å². The predicted molar refractivity (Wildman–Crippen MR) is 73.6 cm³/mol. The lowest BCUT2D eigenvalue weighted by Crippen LogP contribution is -2.40. The van der Waals surface area contributed by atoms with Crippen molar-refractivity contribution in [3.63, 3.8) is 0 Å². The van der Waals surface area contributed by atoms with Crippen molar-refractivity contribution >= 4 is 6.09 Å². The number of carbonyl (C=O) groups excluding carboxylic acids is 1. The van der Waals surface area contributed by atoms with Crippen LogP contribution >= 0.6 is 0 Å². The second kappa shape index (κ2) is 6.85. The Hall–Kier alpha value is -1.99. The first-order valence-corrected chi connectivity index (χ1v) is 6.56. The van der Waals surface area contributed by atoms with Gasteiger partial charge in [0.1, 0.15) is 6.61 Å². The Kier molecular flexibility index (Phi) is 5.62. The van der Waals surface area contributed by atoms with Gasteiger partial charge >= 0.3 is 12.3 Å². The molecule has 5 nitrogen and oxygen atoms in total. The van der Waals surface area contributed by atoms with Crippen LogP contribution in [0.5, 0.6) is 5.88 Å². The van der Waals surface area contributed by atoms with Crippen molar-refractivity contribution in [1.29, 1.82) is 0 Å². The number of aromatic nitrogens is 1. The molecule has 1 heterocycles. The van der Waals surface area contributed by atoms with E-state index in [4.69, 9.17) is 4.74 Å². The van der Waals surface area contributed by atoms with Gasteiger partial charge in [-0.25, -0.2) is 9.78 Å². The molecule has 1 N–H and O–H groups in total. The molecule has 1 aromatic rings. The highest BCUT2D eigenvalue weighted by Crippen LogP contribution is 2.20. The van der Waals surface area contributed by atoms with Gasteiger partial charge in [-0.05, 0) is 33.8 Å². The summed E-state index contributed by atoms with van der Waals surface area (Å²) in [7, 11) is 0. The summed E-state index contributed by atoms with van der Waals surface area (Å²) in [6, 6.07) is 1.56. The summed E-state index contributed by atoms with van der Waals surface area (Å²) in [6.07, 6.45) is -3.69. The summed E-state index contributed by atoms with van der Waals surface area (Å²) in [6.45, 7) is 5.57. The molecule has 8 heteroatoms. The third-order valence-electron chi connectivity index (χ3n) is 2.31. The Balaban J connectivity index is 2.57. The van der Waals surface area contributed by atoms with E-state index in [-0.39, 0.29) is 12.5 Å². The van der Waals surface area contributed by atoms with Gasteiger partial charge in [0, 0.05) is 22.9 Å². The number of nitrogens with one attached hydrogen (secondary N) is 1. The molecule has 0 fully saturated rings. The highest BCUT2D eigenvalue weighted by Gasteiger charge is 2.29. The van der Waals surface area contributed by atoms with Crippen molar-refractivity contribution in [3.8, 4) is 5.88 Å². The maximum absolute atomic E-state index is 12.1. The molecule has 0 saturated heterocycles. The molecule has 0 aromatic carbocycles. The van der Waals surface area contributed by atoms with Gasteiger partial charge < -0.3 is 14.8 Å². The molecule has 0 aliphatic heterocycles. The average Bonchev–Trinajstić information content (AvgIpc) is 2.32. The number of ether oxygens (including phenoxy) is 2. The minimum atomic E-state index is -4.42. The van der Waals surface area contributed by atoms with E-state index in [1.807, 2.05) is 20.8 Å². The Morgan fingerprint density at radius 3 is 2.45 bits per heavy atom. The number of alkyl halides is 3. The van der Waals surface area contributed by atoms with Gasteiger partial charge in [-0.3, -0.25) is 0 Å². The minimum Gasteiger partial charge on any atom is -0.468 e. The summed E-state index contributed by atoms with van der Waals surface area (Å²) < 4.78 is 45.8. The molecule has 1 aromatic heterocycles. The smallest absolute Gasteiger partial charge is 0.422 e. The molecule has 0 bridgehead atoms. The first kappa shape index (κ1) is 18.1. The number of hydrogen-bond donors (Lipinski definition) is 1. The molecule has 1 amide bonds. The minimum absolute atomic E-state index is 0.0324.